The Balaban J connectivity index is 2.19. The van der Waals surface area contributed by atoms with Crippen molar-refractivity contribution in [3.8, 4) is 5.88 Å². The SMILES string of the molecule is O=c1nc([O-])ccn1[C@@H]1O[C@H](CO)[C@@H](OP(=O)(O)OCC(Cl)Cl)[C@H]1O. The van der Waals surface area contributed by atoms with Gasteiger partial charge in [-0.05, 0) is 11.9 Å². The van der Waals surface area contributed by atoms with Gasteiger partial charge in [-0.3, -0.25) is 13.6 Å². The van der Waals surface area contributed by atoms with Crippen LogP contribution in [0, 0.1) is 0 Å². The molecule has 0 saturated carbocycles. The van der Waals surface area contributed by atoms with E-state index in [1.165, 1.54) is 0 Å². The number of halogens is 2. The first-order chi connectivity index (χ1) is 11.6. The smallest absolute Gasteiger partial charge is 0.472 e. The van der Waals surface area contributed by atoms with Crippen LogP contribution >= 0.6 is 31.0 Å². The van der Waals surface area contributed by atoms with Crippen LogP contribution in [0.1, 0.15) is 6.23 Å². The summed E-state index contributed by atoms with van der Waals surface area (Å²) >= 11 is 10.8. The molecule has 1 aliphatic heterocycles. The van der Waals surface area contributed by atoms with Gasteiger partial charge in [-0.2, -0.15) is 0 Å². The lowest BCUT2D eigenvalue weighted by Crippen LogP contribution is -2.37. The van der Waals surface area contributed by atoms with Gasteiger partial charge in [0.15, 0.2) is 6.23 Å². The predicted octanol–water partition coefficient (Wildman–Crippen LogP) is -1.13. The van der Waals surface area contributed by atoms with Crippen molar-refractivity contribution < 1.29 is 38.6 Å². The number of nitrogens with zero attached hydrogens (tertiary/aromatic N) is 2. The molecule has 0 aromatic carbocycles. The fourth-order valence-electron chi connectivity index (χ4n) is 2.15. The number of alkyl halides is 2. The van der Waals surface area contributed by atoms with Crippen LogP contribution in [-0.2, 0) is 18.3 Å². The molecular weight excluding hydrogens is 406 g/mol. The minimum absolute atomic E-state index is 0.526. The van der Waals surface area contributed by atoms with Crippen molar-refractivity contribution in [2.24, 2.45) is 0 Å². The summed E-state index contributed by atoms with van der Waals surface area (Å²) in [5.74, 6) is -0.787. The summed E-state index contributed by atoms with van der Waals surface area (Å²) < 4.78 is 27.3. The third-order valence-electron chi connectivity index (χ3n) is 3.19. The van der Waals surface area contributed by atoms with E-state index in [1.54, 1.807) is 0 Å². The van der Waals surface area contributed by atoms with E-state index in [1.807, 2.05) is 0 Å². The minimum Gasteiger partial charge on any atom is -0.858 e. The fraction of sp³-hybridized carbons (Fsp3) is 0.636. The fourth-order valence-corrected chi connectivity index (χ4v) is 3.42. The van der Waals surface area contributed by atoms with E-state index in [-0.39, 0.29) is 0 Å². The number of hydrogen-bond donors (Lipinski definition) is 3. The largest absolute Gasteiger partial charge is 0.858 e. The molecule has 25 heavy (non-hydrogen) atoms. The zero-order valence-electron chi connectivity index (χ0n) is 12.3. The number of rotatable bonds is 7. The third kappa shape index (κ3) is 5.13. The summed E-state index contributed by atoms with van der Waals surface area (Å²) in [5.41, 5.74) is -1.01. The maximum Gasteiger partial charge on any atom is 0.472 e. The molecule has 1 aromatic heterocycles. The summed E-state index contributed by atoms with van der Waals surface area (Å²) in [6, 6.07) is 0.959. The summed E-state index contributed by atoms with van der Waals surface area (Å²) in [7, 11) is -4.69. The van der Waals surface area contributed by atoms with Crippen LogP contribution in [0.25, 0.3) is 0 Å². The highest BCUT2D eigenvalue weighted by Crippen LogP contribution is 2.48. The molecule has 3 N–H and O–H groups in total. The molecule has 0 amide bonds. The monoisotopic (exact) mass is 419 g/mol. The minimum atomic E-state index is -4.69. The number of phosphoric ester groups is 1. The number of phosphoric acid groups is 1. The molecule has 1 fully saturated rings. The maximum atomic E-state index is 11.9. The summed E-state index contributed by atoms with van der Waals surface area (Å²) in [4.78, 5) is 23.4. The molecule has 1 saturated heterocycles. The van der Waals surface area contributed by atoms with E-state index < -0.39 is 62.0 Å². The van der Waals surface area contributed by atoms with Crippen molar-refractivity contribution in [3.05, 3.63) is 22.7 Å². The number of hydrogen-bond acceptors (Lipinski definition) is 9. The van der Waals surface area contributed by atoms with Crippen molar-refractivity contribution in [1.29, 1.82) is 0 Å². The molecule has 1 aliphatic rings. The average Bonchev–Trinajstić information content (AvgIpc) is 2.82. The van der Waals surface area contributed by atoms with E-state index in [9.17, 15) is 29.6 Å². The number of aliphatic hydroxyl groups excluding tert-OH is 2. The van der Waals surface area contributed by atoms with Gasteiger partial charge in [-0.15, -0.1) is 23.2 Å². The molecule has 1 unspecified atom stereocenters. The zero-order valence-corrected chi connectivity index (χ0v) is 14.8. The molecule has 0 bridgehead atoms. The van der Waals surface area contributed by atoms with Crippen molar-refractivity contribution in [2.75, 3.05) is 13.2 Å². The van der Waals surface area contributed by atoms with Crippen LogP contribution in [0.5, 0.6) is 5.88 Å². The highest BCUT2D eigenvalue weighted by atomic mass is 35.5. The Kier molecular flexibility index (Phi) is 6.82. The van der Waals surface area contributed by atoms with Gasteiger partial charge in [0, 0.05) is 6.20 Å². The highest BCUT2D eigenvalue weighted by molar-refractivity contribution is 7.47. The van der Waals surface area contributed by atoms with Crippen LogP contribution in [0.15, 0.2) is 17.1 Å². The second kappa shape index (κ2) is 8.30. The Morgan fingerprint density at radius 1 is 1.52 bits per heavy atom. The van der Waals surface area contributed by atoms with Crippen molar-refractivity contribution in [2.45, 2.75) is 29.4 Å². The Hall–Kier alpha value is -0.750. The van der Waals surface area contributed by atoms with Gasteiger partial charge in [0.2, 0.25) is 0 Å². The molecule has 0 radical (unpaired) electrons. The first-order valence-electron chi connectivity index (χ1n) is 6.79. The number of aromatic nitrogens is 2. The van der Waals surface area contributed by atoms with Gasteiger partial charge in [0.25, 0.3) is 0 Å². The first-order valence-corrected chi connectivity index (χ1v) is 9.16. The average molecular weight is 420 g/mol. The first kappa shape index (κ1) is 20.6. The van der Waals surface area contributed by atoms with Gasteiger partial charge in [0.1, 0.15) is 23.1 Å². The third-order valence-corrected chi connectivity index (χ3v) is 4.42. The number of aliphatic hydroxyl groups is 2. The van der Waals surface area contributed by atoms with Crippen molar-refractivity contribution in [1.82, 2.24) is 9.55 Å². The lowest BCUT2D eigenvalue weighted by atomic mass is 10.1. The van der Waals surface area contributed by atoms with E-state index in [2.05, 4.69) is 9.51 Å². The zero-order chi connectivity index (χ0) is 18.8. The van der Waals surface area contributed by atoms with Crippen LogP contribution in [0.4, 0.5) is 0 Å². The summed E-state index contributed by atoms with van der Waals surface area (Å²) in [5, 5.41) is 30.6. The van der Waals surface area contributed by atoms with Gasteiger partial charge in [-0.25, -0.2) is 14.3 Å². The van der Waals surface area contributed by atoms with Crippen LogP contribution in [0.2, 0.25) is 0 Å². The molecule has 5 atom stereocenters. The molecule has 0 aliphatic carbocycles. The van der Waals surface area contributed by atoms with Crippen LogP contribution in [-0.4, -0.2) is 61.0 Å². The lowest BCUT2D eigenvalue weighted by Gasteiger charge is -2.22. The molecule has 2 rings (SSSR count). The van der Waals surface area contributed by atoms with E-state index >= 15 is 0 Å². The Labute approximate surface area is 150 Å². The molecule has 11 nitrogen and oxygen atoms in total. The maximum absolute atomic E-state index is 11.9. The summed E-state index contributed by atoms with van der Waals surface area (Å²) in [6.45, 7) is -1.23. The quantitative estimate of drug-likeness (QED) is 0.363. The topological polar surface area (TPSA) is 163 Å². The molecule has 142 valence electrons. The highest BCUT2D eigenvalue weighted by Gasteiger charge is 2.48. The second-order valence-electron chi connectivity index (χ2n) is 4.92. The van der Waals surface area contributed by atoms with Crippen molar-refractivity contribution >= 4 is 31.0 Å². The van der Waals surface area contributed by atoms with Gasteiger partial charge < -0.3 is 24.9 Å². The standard InChI is InChI=1S/C11H15Cl2N2O9P/c12-6(13)4-22-25(20,21)24-9-5(3-16)23-10(8(9)18)15-2-1-7(17)14-11(15)19/h1-2,5-6,8-10,16,18H,3-4H2,(H,20,21)(H,14,17,19)/p-1/t5-,8-,9-,10-/m1/s1. The molecular formula is C11H14Cl2N2O9P-. The van der Waals surface area contributed by atoms with Crippen LogP contribution in [0.3, 0.4) is 0 Å². The predicted molar refractivity (Wildman–Crippen MR) is 81.1 cm³/mol. The normalized spacial score (nSPS) is 29.0. The molecule has 2 heterocycles. The molecule has 0 spiro atoms. The Bertz CT molecular complexity index is 702. The Morgan fingerprint density at radius 3 is 2.76 bits per heavy atom. The molecule has 1 aromatic rings. The van der Waals surface area contributed by atoms with Gasteiger partial charge in [0.05, 0.1) is 13.2 Å². The van der Waals surface area contributed by atoms with E-state index in [4.69, 9.17) is 32.5 Å². The molecule has 14 heteroatoms. The summed E-state index contributed by atoms with van der Waals surface area (Å²) in [6.07, 6.45) is -4.81. The Morgan fingerprint density at radius 2 is 2.20 bits per heavy atom. The van der Waals surface area contributed by atoms with Crippen molar-refractivity contribution in [3.63, 3.8) is 0 Å². The lowest BCUT2D eigenvalue weighted by molar-refractivity contribution is -0.275. The van der Waals surface area contributed by atoms with Gasteiger partial charge >= 0.3 is 13.5 Å². The van der Waals surface area contributed by atoms with E-state index in [0.717, 1.165) is 16.8 Å². The van der Waals surface area contributed by atoms with E-state index in [0.29, 0.717) is 0 Å². The second-order valence-corrected chi connectivity index (χ2v) is 7.60. The van der Waals surface area contributed by atoms with Gasteiger partial charge in [-0.1, -0.05) is 0 Å². The number of ether oxygens (including phenoxy) is 1. The van der Waals surface area contributed by atoms with Crippen LogP contribution < -0.4 is 10.8 Å².